The van der Waals surface area contributed by atoms with Gasteiger partial charge in [0.15, 0.2) is 0 Å². The zero-order chi connectivity index (χ0) is 19.1. The van der Waals surface area contributed by atoms with Crippen LogP contribution in [0.15, 0.2) is 82.5 Å². The summed E-state index contributed by atoms with van der Waals surface area (Å²) in [5, 5.41) is 5.83. The zero-order valence-electron chi connectivity index (χ0n) is 14.2. The Morgan fingerprint density at radius 2 is 1.93 bits per heavy atom. The number of rotatable bonds is 4. The molecule has 0 spiro atoms. The molecule has 0 fully saturated rings. The lowest BCUT2D eigenvalue weighted by Gasteiger charge is -2.12. The summed E-state index contributed by atoms with van der Waals surface area (Å²) in [7, 11) is 0. The topological polar surface area (TPSA) is 66.4 Å². The van der Waals surface area contributed by atoms with Gasteiger partial charge in [-0.05, 0) is 54.1 Å². The molecular formula is C20H16BrFN4O. The molecule has 5 nitrogen and oxygen atoms in total. The van der Waals surface area contributed by atoms with E-state index in [4.69, 9.17) is 0 Å². The first-order valence-electron chi connectivity index (χ1n) is 8.13. The minimum Gasteiger partial charge on any atom is -0.326 e. The summed E-state index contributed by atoms with van der Waals surface area (Å²) in [6.45, 7) is 0.341. The van der Waals surface area contributed by atoms with Crippen molar-refractivity contribution in [3.8, 4) is 0 Å². The molecule has 2 aromatic carbocycles. The number of nitrogens with one attached hydrogen (secondary N) is 2. The highest BCUT2D eigenvalue weighted by atomic mass is 79.9. The summed E-state index contributed by atoms with van der Waals surface area (Å²) < 4.78 is 14.0. The van der Waals surface area contributed by atoms with Gasteiger partial charge in [0, 0.05) is 28.1 Å². The number of halogens is 2. The fraction of sp³-hybridized carbons (Fsp3) is 0.0500. The molecule has 0 unspecified atom stereocenters. The van der Waals surface area contributed by atoms with E-state index in [9.17, 15) is 9.18 Å². The van der Waals surface area contributed by atoms with Crippen LogP contribution in [0.4, 0.5) is 10.1 Å². The second-order valence-corrected chi connectivity index (χ2v) is 6.54. The predicted octanol–water partition coefficient (Wildman–Crippen LogP) is 4.38. The van der Waals surface area contributed by atoms with Gasteiger partial charge in [-0.15, -0.1) is 0 Å². The van der Waals surface area contributed by atoms with Crippen molar-refractivity contribution in [2.45, 2.75) is 6.54 Å². The van der Waals surface area contributed by atoms with E-state index < -0.39 is 5.82 Å². The molecule has 7 heteroatoms. The van der Waals surface area contributed by atoms with Crippen LogP contribution in [0.25, 0.3) is 0 Å². The zero-order valence-corrected chi connectivity index (χ0v) is 15.8. The van der Waals surface area contributed by atoms with E-state index in [-0.39, 0.29) is 11.9 Å². The van der Waals surface area contributed by atoms with Crippen LogP contribution in [0.1, 0.15) is 15.9 Å². The van der Waals surface area contributed by atoms with Gasteiger partial charge >= 0.3 is 0 Å². The van der Waals surface area contributed by atoms with Crippen LogP contribution in [0.3, 0.4) is 0 Å². The Morgan fingerprint density at radius 1 is 1.11 bits per heavy atom. The lowest BCUT2D eigenvalue weighted by molar-refractivity contribution is 0.0977. The normalized spacial score (nSPS) is 11.1. The third-order valence-corrected chi connectivity index (χ3v) is 4.06. The Balaban J connectivity index is 1.79. The Labute approximate surface area is 164 Å². The number of nitrogens with zero attached hydrogens (tertiary/aromatic N) is 2. The largest absolute Gasteiger partial charge is 0.326 e. The molecule has 27 heavy (non-hydrogen) atoms. The van der Waals surface area contributed by atoms with E-state index in [0.29, 0.717) is 12.1 Å². The Hall–Kier alpha value is -3.06. The minimum atomic E-state index is -0.399. The quantitative estimate of drug-likeness (QED) is 0.480. The van der Waals surface area contributed by atoms with E-state index in [1.165, 1.54) is 24.3 Å². The third kappa shape index (κ3) is 5.72. The average molecular weight is 427 g/mol. The van der Waals surface area contributed by atoms with Crippen LogP contribution in [0, 0.1) is 5.82 Å². The Morgan fingerprint density at radius 3 is 2.63 bits per heavy atom. The van der Waals surface area contributed by atoms with Crippen molar-refractivity contribution in [1.29, 1.82) is 0 Å². The van der Waals surface area contributed by atoms with E-state index >= 15 is 0 Å². The second kappa shape index (κ2) is 9.05. The predicted molar refractivity (Wildman–Crippen MR) is 107 cm³/mol. The Kier molecular flexibility index (Phi) is 6.27. The number of pyridine rings is 1. The van der Waals surface area contributed by atoms with Crippen molar-refractivity contribution < 1.29 is 9.18 Å². The van der Waals surface area contributed by atoms with Crippen molar-refractivity contribution in [3.05, 3.63) is 94.5 Å². The molecule has 0 aliphatic rings. The SMILES string of the molecule is O=C(NC(=NCc1cccnc1)Nc1cccc(Br)c1)c1ccc(F)cc1. The molecule has 1 amide bonds. The first kappa shape index (κ1) is 18.7. The molecule has 0 atom stereocenters. The number of anilines is 1. The fourth-order valence-electron chi connectivity index (χ4n) is 2.26. The number of amides is 1. The number of carbonyl (C=O) groups is 1. The summed E-state index contributed by atoms with van der Waals surface area (Å²) in [6.07, 6.45) is 3.40. The van der Waals surface area contributed by atoms with Gasteiger partial charge in [-0.3, -0.25) is 15.1 Å². The molecule has 1 heterocycles. The standard InChI is InChI=1S/C20H16BrFN4O/c21-16-4-1-5-18(11-16)25-20(24-13-14-3-2-10-23-12-14)26-19(27)15-6-8-17(22)9-7-15/h1-12H,13H2,(H2,24,25,26,27). The summed E-state index contributed by atoms with van der Waals surface area (Å²) in [6, 6.07) is 16.5. The van der Waals surface area contributed by atoms with Crippen LogP contribution in [0.5, 0.6) is 0 Å². The van der Waals surface area contributed by atoms with Gasteiger partial charge in [-0.25, -0.2) is 9.38 Å². The van der Waals surface area contributed by atoms with E-state index in [1.807, 2.05) is 36.4 Å². The highest BCUT2D eigenvalue weighted by Crippen LogP contribution is 2.15. The van der Waals surface area contributed by atoms with Crippen molar-refractivity contribution in [2.24, 2.45) is 4.99 Å². The third-order valence-electron chi connectivity index (χ3n) is 3.57. The van der Waals surface area contributed by atoms with Gasteiger partial charge in [0.25, 0.3) is 5.91 Å². The first-order chi connectivity index (χ1) is 13.1. The van der Waals surface area contributed by atoms with Gasteiger partial charge in [0.1, 0.15) is 5.82 Å². The van der Waals surface area contributed by atoms with Crippen molar-refractivity contribution >= 4 is 33.5 Å². The minimum absolute atomic E-state index is 0.284. The van der Waals surface area contributed by atoms with Gasteiger partial charge in [0.2, 0.25) is 5.96 Å². The highest BCUT2D eigenvalue weighted by molar-refractivity contribution is 9.10. The van der Waals surface area contributed by atoms with Gasteiger partial charge in [-0.2, -0.15) is 0 Å². The summed E-state index contributed by atoms with van der Waals surface area (Å²) in [5.74, 6) is -0.502. The van der Waals surface area contributed by atoms with Gasteiger partial charge < -0.3 is 5.32 Å². The summed E-state index contributed by atoms with van der Waals surface area (Å²) in [5.41, 5.74) is 2.00. The van der Waals surface area contributed by atoms with Crippen molar-refractivity contribution in [1.82, 2.24) is 10.3 Å². The van der Waals surface area contributed by atoms with Crippen molar-refractivity contribution in [3.63, 3.8) is 0 Å². The fourth-order valence-corrected chi connectivity index (χ4v) is 2.66. The van der Waals surface area contributed by atoms with E-state index in [0.717, 1.165) is 15.7 Å². The van der Waals surface area contributed by atoms with Crippen molar-refractivity contribution in [2.75, 3.05) is 5.32 Å². The monoisotopic (exact) mass is 426 g/mol. The molecule has 0 saturated carbocycles. The molecule has 3 aromatic rings. The van der Waals surface area contributed by atoms with Crippen LogP contribution in [-0.4, -0.2) is 16.9 Å². The molecule has 136 valence electrons. The molecule has 2 N–H and O–H groups in total. The van der Waals surface area contributed by atoms with Gasteiger partial charge in [0.05, 0.1) is 6.54 Å². The van der Waals surface area contributed by atoms with Crippen LogP contribution < -0.4 is 10.6 Å². The number of aliphatic imine (C=N–C) groups is 1. The highest BCUT2D eigenvalue weighted by Gasteiger charge is 2.10. The maximum absolute atomic E-state index is 13.1. The number of carbonyl (C=O) groups excluding carboxylic acids is 1. The molecule has 0 radical (unpaired) electrons. The number of hydrogen-bond acceptors (Lipinski definition) is 3. The lowest BCUT2D eigenvalue weighted by Crippen LogP contribution is -2.36. The number of guanidine groups is 1. The molecule has 0 aliphatic carbocycles. The van der Waals surface area contributed by atoms with E-state index in [2.05, 4.69) is 36.5 Å². The van der Waals surface area contributed by atoms with E-state index in [1.54, 1.807) is 12.4 Å². The maximum Gasteiger partial charge on any atom is 0.257 e. The second-order valence-electron chi connectivity index (χ2n) is 5.62. The Bertz CT molecular complexity index is 946. The van der Waals surface area contributed by atoms with Gasteiger partial charge in [-0.1, -0.05) is 28.1 Å². The number of aromatic nitrogens is 1. The van der Waals surface area contributed by atoms with Crippen LogP contribution in [-0.2, 0) is 6.54 Å². The number of hydrogen-bond donors (Lipinski definition) is 2. The lowest BCUT2D eigenvalue weighted by atomic mass is 10.2. The molecule has 1 aromatic heterocycles. The summed E-state index contributed by atoms with van der Waals surface area (Å²) in [4.78, 5) is 21.0. The summed E-state index contributed by atoms with van der Waals surface area (Å²) >= 11 is 3.41. The molecule has 0 aliphatic heterocycles. The average Bonchev–Trinajstić information content (AvgIpc) is 2.67. The molecule has 0 bridgehead atoms. The molecule has 0 saturated heterocycles. The molecule has 3 rings (SSSR count). The first-order valence-corrected chi connectivity index (χ1v) is 8.92. The van der Waals surface area contributed by atoms with Crippen LogP contribution >= 0.6 is 15.9 Å². The number of benzene rings is 2. The smallest absolute Gasteiger partial charge is 0.257 e. The maximum atomic E-state index is 13.1. The molecular weight excluding hydrogens is 411 g/mol. The van der Waals surface area contributed by atoms with Crippen LogP contribution in [0.2, 0.25) is 0 Å².